The molecule has 5 heteroatoms. The Kier molecular flexibility index (Phi) is 3.83. The van der Waals surface area contributed by atoms with Gasteiger partial charge in [0.2, 0.25) is 0 Å². The van der Waals surface area contributed by atoms with Gasteiger partial charge >= 0.3 is 0 Å². The number of hydrazine groups is 1. The van der Waals surface area contributed by atoms with E-state index in [0.717, 1.165) is 17.7 Å². The lowest BCUT2D eigenvalue weighted by Gasteiger charge is -2.16. The molecule has 0 amide bonds. The van der Waals surface area contributed by atoms with Crippen molar-refractivity contribution in [2.75, 3.05) is 0 Å². The maximum atomic E-state index is 13.6. The van der Waals surface area contributed by atoms with Gasteiger partial charge in [0.1, 0.15) is 11.6 Å². The second kappa shape index (κ2) is 5.35. The summed E-state index contributed by atoms with van der Waals surface area (Å²) in [5, 5.41) is 3.90. The van der Waals surface area contributed by atoms with E-state index in [-0.39, 0.29) is 5.56 Å². The predicted molar refractivity (Wildman–Crippen MR) is 64.4 cm³/mol. The average molecular weight is 254 g/mol. The van der Waals surface area contributed by atoms with E-state index in [4.69, 9.17) is 5.84 Å². The number of nitrogens with two attached hydrogens (primary N) is 1. The van der Waals surface area contributed by atoms with Gasteiger partial charge in [-0.1, -0.05) is 0 Å². The third-order valence-electron chi connectivity index (χ3n) is 2.55. The van der Waals surface area contributed by atoms with Crippen molar-refractivity contribution < 1.29 is 8.78 Å². The Morgan fingerprint density at radius 2 is 2.12 bits per heavy atom. The third kappa shape index (κ3) is 2.88. The molecule has 0 radical (unpaired) electrons. The summed E-state index contributed by atoms with van der Waals surface area (Å²) in [6, 6.07) is 4.89. The van der Waals surface area contributed by atoms with Gasteiger partial charge < -0.3 is 0 Å². The lowest BCUT2D eigenvalue weighted by atomic mass is 10.0. The molecule has 2 aromatic rings. The van der Waals surface area contributed by atoms with Crippen molar-refractivity contribution in [2.45, 2.75) is 12.5 Å². The summed E-state index contributed by atoms with van der Waals surface area (Å²) in [6.07, 6.45) is 0.528. The molecule has 3 N–H and O–H groups in total. The minimum absolute atomic E-state index is 0.249. The van der Waals surface area contributed by atoms with Crippen molar-refractivity contribution in [1.29, 1.82) is 0 Å². The van der Waals surface area contributed by atoms with Crippen LogP contribution in [0.25, 0.3) is 0 Å². The van der Waals surface area contributed by atoms with Gasteiger partial charge in [0.25, 0.3) is 0 Å². The van der Waals surface area contributed by atoms with Crippen molar-refractivity contribution in [1.82, 2.24) is 5.43 Å². The second-order valence-corrected chi connectivity index (χ2v) is 4.50. The molecule has 2 rings (SSSR count). The highest BCUT2D eigenvalue weighted by Gasteiger charge is 2.16. The maximum absolute atomic E-state index is 13.6. The SMILES string of the molecule is NNC(Cc1ccsc1)c1cc(F)ccc1F. The summed E-state index contributed by atoms with van der Waals surface area (Å²) in [7, 11) is 0. The van der Waals surface area contributed by atoms with Gasteiger partial charge in [-0.05, 0) is 47.0 Å². The average Bonchev–Trinajstić information content (AvgIpc) is 2.82. The number of hydrogen-bond donors (Lipinski definition) is 2. The van der Waals surface area contributed by atoms with Crippen LogP contribution < -0.4 is 11.3 Å². The second-order valence-electron chi connectivity index (χ2n) is 3.72. The molecule has 0 spiro atoms. The van der Waals surface area contributed by atoms with Crippen LogP contribution in [0.2, 0.25) is 0 Å². The fraction of sp³-hybridized carbons (Fsp3) is 0.167. The van der Waals surface area contributed by atoms with Crippen molar-refractivity contribution in [3.63, 3.8) is 0 Å². The van der Waals surface area contributed by atoms with Crippen LogP contribution in [0, 0.1) is 11.6 Å². The van der Waals surface area contributed by atoms with E-state index in [1.54, 1.807) is 11.3 Å². The number of nitrogens with one attached hydrogen (secondary N) is 1. The zero-order valence-electron chi connectivity index (χ0n) is 8.99. The number of rotatable bonds is 4. The molecule has 1 unspecified atom stereocenters. The number of thiophene rings is 1. The van der Waals surface area contributed by atoms with Crippen molar-refractivity contribution in [3.8, 4) is 0 Å². The molecule has 0 aliphatic carbocycles. The minimum Gasteiger partial charge on any atom is -0.271 e. The molecule has 1 aromatic carbocycles. The molecule has 1 aromatic heterocycles. The van der Waals surface area contributed by atoms with Gasteiger partial charge in [-0.15, -0.1) is 0 Å². The van der Waals surface area contributed by atoms with Gasteiger partial charge in [0.15, 0.2) is 0 Å². The van der Waals surface area contributed by atoms with E-state index in [0.29, 0.717) is 6.42 Å². The first kappa shape index (κ1) is 12.2. The van der Waals surface area contributed by atoms with Crippen molar-refractivity contribution in [2.24, 2.45) is 5.84 Å². The van der Waals surface area contributed by atoms with Gasteiger partial charge in [-0.25, -0.2) is 8.78 Å². The summed E-state index contributed by atoms with van der Waals surface area (Å²) < 4.78 is 26.7. The molecule has 2 nitrogen and oxygen atoms in total. The van der Waals surface area contributed by atoms with Gasteiger partial charge in [0, 0.05) is 5.56 Å². The van der Waals surface area contributed by atoms with Crippen LogP contribution in [-0.4, -0.2) is 0 Å². The Morgan fingerprint density at radius 1 is 1.29 bits per heavy atom. The highest BCUT2D eigenvalue weighted by atomic mass is 32.1. The Hall–Kier alpha value is -1.30. The molecule has 0 bridgehead atoms. The summed E-state index contributed by atoms with van der Waals surface area (Å²) in [6.45, 7) is 0. The van der Waals surface area contributed by atoms with E-state index in [1.807, 2.05) is 16.8 Å². The van der Waals surface area contributed by atoms with E-state index in [1.165, 1.54) is 6.07 Å². The number of hydrogen-bond acceptors (Lipinski definition) is 3. The van der Waals surface area contributed by atoms with Crippen LogP contribution in [0.1, 0.15) is 17.2 Å². The lowest BCUT2D eigenvalue weighted by Crippen LogP contribution is -2.30. The third-order valence-corrected chi connectivity index (χ3v) is 3.29. The number of benzene rings is 1. The molecule has 90 valence electrons. The molecule has 1 heterocycles. The van der Waals surface area contributed by atoms with E-state index in [2.05, 4.69) is 5.43 Å². The Morgan fingerprint density at radius 3 is 2.76 bits per heavy atom. The quantitative estimate of drug-likeness (QED) is 0.650. The molecule has 0 saturated heterocycles. The predicted octanol–water partition coefficient (Wildman–Crippen LogP) is 2.77. The van der Waals surface area contributed by atoms with Gasteiger partial charge in [-0.3, -0.25) is 11.3 Å². The first-order chi connectivity index (χ1) is 8.20. The van der Waals surface area contributed by atoms with Crippen LogP contribution in [0.15, 0.2) is 35.0 Å². The molecule has 0 aliphatic heterocycles. The molecule has 0 saturated carbocycles. The monoisotopic (exact) mass is 254 g/mol. The van der Waals surface area contributed by atoms with Crippen LogP contribution in [0.3, 0.4) is 0 Å². The molecular weight excluding hydrogens is 242 g/mol. The number of halogens is 2. The fourth-order valence-electron chi connectivity index (χ4n) is 1.68. The smallest absolute Gasteiger partial charge is 0.128 e. The van der Waals surface area contributed by atoms with Crippen LogP contribution >= 0.6 is 11.3 Å². The van der Waals surface area contributed by atoms with Crippen LogP contribution in [-0.2, 0) is 6.42 Å². The summed E-state index contributed by atoms with van der Waals surface area (Å²) in [5.41, 5.74) is 3.81. The Bertz CT molecular complexity index is 485. The van der Waals surface area contributed by atoms with Crippen LogP contribution in [0.5, 0.6) is 0 Å². The lowest BCUT2D eigenvalue weighted by molar-refractivity contribution is 0.503. The Labute approximate surface area is 102 Å². The Balaban J connectivity index is 2.25. The van der Waals surface area contributed by atoms with E-state index < -0.39 is 17.7 Å². The molecular formula is C12H12F2N2S. The summed E-state index contributed by atoms with van der Waals surface area (Å²) in [4.78, 5) is 0. The highest BCUT2D eigenvalue weighted by Crippen LogP contribution is 2.22. The van der Waals surface area contributed by atoms with E-state index >= 15 is 0 Å². The van der Waals surface area contributed by atoms with Crippen LogP contribution in [0.4, 0.5) is 8.78 Å². The summed E-state index contributed by atoms with van der Waals surface area (Å²) in [5.74, 6) is 4.48. The highest BCUT2D eigenvalue weighted by molar-refractivity contribution is 7.07. The van der Waals surface area contributed by atoms with Gasteiger partial charge in [-0.2, -0.15) is 11.3 Å². The first-order valence-corrected chi connectivity index (χ1v) is 6.07. The largest absolute Gasteiger partial charge is 0.271 e. The summed E-state index contributed by atoms with van der Waals surface area (Å²) >= 11 is 1.56. The minimum atomic E-state index is -0.466. The van der Waals surface area contributed by atoms with Crippen molar-refractivity contribution >= 4 is 11.3 Å². The van der Waals surface area contributed by atoms with E-state index in [9.17, 15) is 8.78 Å². The maximum Gasteiger partial charge on any atom is 0.128 e. The first-order valence-electron chi connectivity index (χ1n) is 5.13. The molecule has 0 aliphatic rings. The zero-order chi connectivity index (χ0) is 12.3. The molecule has 1 atom stereocenters. The topological polar surface area (TPSA) is 38.0 Å². The standard InChI is InChI=1S/C12H12F2N2S/c13-9-1-2-11(14)10(6-9)12(16-15)5-8-3-4-17-7-8/h1-4,6-7,12,16H,5,15H2. The fourth-order valence-corrected chi connectivity index (χ4v) is 2.37. The molecule has 0 fully saturated rings. The van der Waals surface area contributed by atoms with Crippen molar-refractivity contribution in [3.05, 3.63) is 57.8 Å². The normalized spacial score (nSPS) is 12.6. The van der Waals surface area contributed by atoms with Gasteiger partial charge in [0.05, 0.1) is 6.04 Å². The zero-order valence-corrected chi connectivity index (χ0v) is 9.81. The molecule has 17 heavy (non-hydrogen) atoms.